The molecule has 2 heterocycles. The lowest BCUT2D eigenvalue weighted by Crippen LogP contribution is -2.03. The molecule has 0 saturated carbocycles. The molecule has 0 aliphatic rings. The van der Waals surface area contributed by atoms with Crippen molar-refractivity contribution in [3.63, 3.8) is 0 Å². The maximum Gasteiger partial charge on any atom is 0.183 e. The van der Waals surface area contributed by atoms with Crippen molar-refractivity contribution in [3.8, 4) is 11.3 Å². The van der Waals surface area contributed by atoms with Crippen molar-refractivity contribution in [3.05, 3.63) is 29.9 Å². The van der Waals surface area contributed by atoms with E-state index in [1.807, 2.05) is 12.1 Å². The van der Waals surface area contributed by atoms with Crippen LogP contribution in [0.25, 0.3) is 11.3 Å². The number of hydrogen-bond acceptors (Lipinski definition) is 5. The van der Waals surface area contributed by atoms with E-state index < -0.39 is 0 Å². The van der Waals surface area contributed by atoms with Gasteiger partial charge in [0.1, 0.15) is 0 Å². The lowest BCUT2D eigenvalue weighted by Gasteiger charge is -2.01. The monoisotopic (exact) mass is 262 g/mol. The third kappa shape index (κ3) is 3.78. The number of nitrogens with two attached hydrogens (primary N) is 1. The first-order valence-electron chi connectivity index (χ1n) is 6.20. The summed E-state index contributed by atoms with van der Waals surface area (Å²) in [7, 11) is 0. The first-order valence-corrected chi connectivity index (χ1v) is 7.08. The lowest BCUT2D eigenvalue weighted by molar-refractivity contribution is 0.707. The van der Waals surface area contributed by atoms with Gasteiger partial charge in [-0.05, 0) is 31.5 Å². The molecule has 2 aromatic rings. The van der Waals surface area contributed by atoms with Crippen LogP contribution in [-0.4, -0.2) is 23.1 Å². The zero-order chi connectivity index (χ0) is 12.6. The van der Waals surface area contributed by atoms with Crippen LogP contribution in [0.4, 0.5) is 5.13 Å². The highest BCUT2D eigenvalue weighted by molar-refractivity contribution is 7.14. The van der Waals surface area contributed by atoms with Crippen molar-refractivity contribution in [2.45, 2.75) is 19.3 Å². The van der Waals surface area contributed by atoms with Crippen molar-refractivity contribution in [1.82, 2.24) is 9.97 Å². The highest BCUT2D eigenvalue weighted by Crippen LogP contribution is 2.24. The Labute approximate surface area is 111 Å². The molecule has 0 spiro atoms. The smallest absolute Gasteiger partial charge is 0.183 e. The molecule has 3 N–H and O–H groups in total. The van der Waals surface area contributed by atoms with Crippen LogP contribution in [-0.2, 0) is 0 Å². The van der Waals surface area contributed by atoms with Crippen molar-refractivity contribution < 1.29 is 0 Å². The summed E-state index contributed by atoms with van der Waals surface area (Å²) in [5.41, 5.74) is 7.57. The topological polar surface area (TPSA) is 63.8 Å². The van der Waals surface area contributed by atoms with Crippen molar-refractivity contribution in [2.24, 2.45) is 5.73 Å². The number of nitrogens with zero attached hydrogens (tertiary/aromatic N) is 2. The summed E-state index contributed by atoms with van der Waals surface area (Å²) in [6.45, 7) is 1.74. The summed E-state index contributed by atoms with van der Waals surface area (Å²) in [5.74, 6) is 0. The van der Waals surface area contributed by atoms with Gasteiger partial charge >= 0.3 is 0 Å². The van der Waals surface area contributed by atoms with Gasteiger partial charge in [-0.1, -0.05) is 6.42 Å². The fourth-order valence-electron chi connectivity index (χ4n) is 1.65. The van der Waals surface area contributed by atoms with Crippen LogP contribution in [0, 0.1) is 0 Å². The van der Waals surface area contributed by atoms with E-state index in [9.17, 15) is 0 Å². The highest BCUT2D eigenvalue weighted by atomic mass is 32.1. The zero-order valence-corrected chi connectivity index (χ0v) is 11.1. The number of anilines is 1. The molecule has 4 nitrogen and oxygen atoms in total. The number of rotatable bonds is 7. The molecule has 2 rings (SSSR count). The summed E-state index contributed by atoms with van der Waals surface area (Å²) in [6.07, 6.45) is 6.98. The molecule has 0 aliphatic heterocycles. The molecule has 0 fully saturated rings. The quantitative estimate of drug-likeness (QED) is 0.753. The van der Waals surface area contributed by atoms with E-state index >= 15 is 0 Å². The average Bonchev–Trinajstić information content (AvgIpc) is 2.88. The maximum atomic E-state index is 5.45. The molecule has 2 aromatic heterocycles. The minimum Gasteiger partial charge on any atom is -0.362 e. The maximum absolute atomic E-state index is 5.45. The van der Waals surface area contributed by atoms with Gasteiger partial charge in [0.15, 0.2) is 5.13 Å². The van der Waals surface area contributed by atoms with Crippen LogP contribution < -0.4 is 11.1 Å². The van der Waals surface area contributed by atoms with E-state index in [1.54, 1.807) is 23.7 Å². The highest BCUT2D eigenvalue weighted by Gasteiger charge is 2.03. The van der Waals surface area contributed by atoms with Crippen LogP contribution in [0.1, 0.15) is 19.3 Å². The Hall–Kier alpha value is -1.46. The second kappa shape index (κ2) is 7.08. The molecule has 0 radical (unpaired) electrons. The molecule has 0 amide bonds. The summed E-state index contributed by atoms with van der Waals surface area (Å²) < 4.78 is 0. The molecule has 96 valence electrons. The van der Waals surface area contributed by atoms with Gasteiger partial charge < -0.3 is 11.1 Å². The van der Waals surface area contributed by atoms with E-state index in [0.717, 1.165) is 42.3 Å². The number of thiazole rings is 1. The Morgan fingerprint density at radius 1 is 1.17 bits per heavy atom. The van der Waals surface area contributed by atoms with E-state index in [-0.39, 0.29) is 0 Å². The molecular weight excluding hydrogens is 244 g/mol. The fraction of sp³-hybridized carbons (Fsp3) is 0.385. The van der Waals surface area contributed by atoms with E-state index in [0.29, 0.717) is 0 Å². The molecule has 0 saturated heterocycles. The summed E-state index contributed by atoms with van der Waals surface area (Å²) in [6, 6.07) is 3.94. The van der Waals surface area contributed by atoms with Gasteiger partial charge in [-0.2, -0.15) is 0 Å². The largest absolute Gasteiger partial charge is 0.362 e. The molecule has 0 bridgehead atoms. The Morgan fingerprint density at radius 2 is 2.00 bits per heavy atom. The standard InChI is InChI=1S/C13H18N4S/c14-6-2-1-3-7-16-13-17-12(10-18-13)11-4-8-15-9-5-11/h4-5,8-10H,1-3,6-7,14H2,(H,16,17). The van der Waals surface area contributed by atoms with Crippen molar-refractivity contribution in [1.29, 1.82) is 0 Å². The first-order chi connectivity index (χ1) is 8.90. The van der Waals surface area contributed by atoms with Crippen LogP contribution in [0.5, 0.6) is 0 Å². The van der Waals surface area contributed by atoms with Gasteiger partial charge in [0, 0.05) is 29.9 Å². The Morgan fingerprint density at radius 3 is 2.78 bits per heavy atom. The van der Waals surface area contributed by atoms with Crippen LogP contribution in [0.2, 0.25) is 0 Å². The molecule has 0 aromatic carbocycles. The third-order valence-corrected chi connectivity index (χ3v) is 3.44. The van der Waals surface area contributed by atoms with Gasteiger partial charge in [0.25, 0.3) is 0 Å². The second-order valence-corrected chi connectivity index (χ2v) is 4.91. The third-order valence-electron chi connectivity index (χ3n) is 2.64. The molecule has 0 atom stereocenters. The van der Waals surface area contributed by atoms with Crippen LogP contribution in [0.3, 0.4) is 0 Å². The molecule has 18 heavy (non-hydrogen) atoms. The molecule has 0 unspecified atom stereocenters. The average molecular weight is 262 g/mol. The lowest BCUT2D eigenvalue weighted by atomic mass is 10.2. The summed E-state index contributed by atoms with van der Waals surface area (Å²) >= 11 is 1.64. The van der Waals surface area contributed by atoms with Crippen molar-refractivity contribution >= 4 is 16.5 Å². The van der Waals surface area contributed by atoms with Gasteiger partial charge in [0.2, 0.25) is 0 Å². The van der Waals surface area contributed by atoms with Gasteiger partial charge in [-0.25, -0.2) is 4.98 Å². The molecular formula is C13H18N4S. The van der Waals surface area contributed by atoms with Gasteiger partial charge in [-0.3, -0.25) is 4.98 Å². The zero-order valence-electron chi connectivity index (χ0n) is 10.3. The normalized spacial score (nSPS) is 10.5. The summed E-state index contributed by atoms with van der Waals surface area (Å²) in [4.78, 5) is 8.56. The SMILES string of the molecule is NCCCCCNc1nc(-c2ccncc2)cs1. The van der Waals surface area contributed by atoms with Gasteiger partial charge in [-0.15, -0.1) is 11.3 Å². The number of aromatic nitrogens is 2. The number of unbranched alkanes of at least 4 members (excludes halogenated alkanes) is 2. The molecule has 0 aliphatic carbocycles. The van der Waals surface area contributed by atoms with Crippen LogP contribution in [0.15, 0.2) is 29.9 Å². The number of hydrogen-bond donors (Lipinski definition) is 2. The van der Waals surface area contributed by atoms with Gasteiger partial charge in [0.05, 0.1) is 5.69 Å². The van der Waals surface area contributed by atoms with Crippen LogP contribution >= 0.6 is 11.3 Å². The summed E-state index contributed by atoms with van der Waals surface area (Å²) in [5, 5.41) is 6.39. The first kappa shape index (κ1) is 13.0. The second-order valence-electron chi connectivity index (χ2n) is 4.05. The van der Waals surface area contributed by atoms with E-state index in [4.69, 9.17) is 5.73 Å². The predicted molar refractivity (Wildman–Crippen MR) is 76.7 cm³/mol. The number of nitrogens with one attached hydrogen (secondary N) is 1. The molecule has 5 heteroatoms. The fourth-order valence-corrected chi connectivity index (χ4v) is 2.40. The van der Waals surface area contributed by atoms with E-state index in [1.165, 1.54) is 6.42 Å². The Kier molecular flexibility index (Phi) is 5.11. The van der Waals surface area contributed by atoms with Crippen molar-refractivity contribution in [2.75, 3.05) is 18.4 Å². The minimum atomic E-state index is 0.781. The Bertz CT molecular complexity index is 455. The minimum absolute atomic E-state index is 0.781. The number of pyridine rings is 1. The predicted octanol–water partition coefficient (Wildman–Crippen LogP) is 2.75. The van der Waals surface area contributed by atoms with E-state index in [2.05, 4.69) is 20.7 Å². The Balaban J connectivity index is 1.83.